The third-order valence-electron chi connectivity index (χ3n) is 6.41. The Bertz CT molecular complexity index is 950. The second-order valence-corrected chi connectivity index (χ2v) is 8.97. The maximum absolute atomic E-state index is 12.6. The molecule has 0 bridgehead atoms. The van der Waals surface area contributed by atoms with Crippen LogP contribution in [-0.4, -0.2) is 49.5 Å². The van der Waals surface area contributed by atoms with E-state index in [0.29, 0.717) is 43.2 Å². The van der Waals surface area contributed by atoms with Gasteiger partial charge in [0.25, 0.3) is 0 Å². The van der Waals surface area contributed by atoms with E-state index in [-0.39, 0.29) is 17.8 Å². The highest BCUT2D eigenvalue weighted by Gasteiger charge is 2.32. The summed E-state index contributed by atoms with van der Waals surface area (Å²) in [6.07, 6.45) is 5.25. The van der Waals surface area contributed by atoms with Crippen LogP contribution in [0.15, 0.2) is 48.5 Å². The molecule has 1 N–H and O–H groups in total. The zero-order valence-corrected chi connectivity index (χ0v) is 19.0. The van der Waals surface area contributed by atoms with Gasteiger partial charge in [-0.1, -0.05) is 19.3 Å². The lowest BCUT2D eigenvalue weighted by molar-refractivity contribution is -0.117. The van der Waals surface area contributed by atoms with Gasteiger partial charge < -0.3 is 24.2 Å². The fourth-order valence-corrected chi connectivity index (χ4v) is 4.46. The average Bonchev–Trinajstić information content (AvgIpc) is 3.22. The number of hydrogen-bond acceptors (Lipinski definition) is 6. The van der Waals surface area contributed by atoms with Gasteiger partial charge in [-0.05, 0) is 61.4 Å². The number of methoxy groups -OCH3 is 1. The number of ether oxygens (including phenoxy) is 3. The number of aliphatic hydroxyl groups is 1. The summed E-state index contributed by atoms with van der Waals surface area (Å²) in [4.78, 5) is 25.9. The zero-order valence-electron chi connectivity index (χ0n) is 19.0. The average molecular weight is 454 g/mol. The molecule has 176 valence electrons. The number of rotatable bonds is 8. The van der Waals surface area contributed by atoms with Crippen molar-refractivity contribution in [2.45, 2.75) is 44.1 Å². The molecule has 4 rings (SSSR count). The number of anilines is 1. The van der Waals surface area contributed by atoms with Crippen molar-refractivity contribution in [1.29, 1.82) is 0 Å². The van der Waals surface area contributed by atoms with Crippen molar-refractivity contribution in [1.82, 2.24) is 0 Å². The first-order valence-electron chi connectivity index (χ1n) is 11.5. The van der Waals surface area contributed by atoms with Crippen LogP contribution in [-0.2, 0) is 9.53 Å². The molecule has 2 fully saturated rings. The zero-order chi connectivity index (χ0) is 23.3. The molecule has 1 unspecified atom stereocenters. The first-order valence-corrected chi connectivity index (χ1v) is 11.5. The Hall–Kier alpha value is -3.06. The molecular formula is C26H31NO6. The summed E-state index contributed by atoms with van der Waals surface area (Å²) >= 11 is 0. The van der Waals surface area contributed by atoms with E-state index in [9.17, 15) is 14.7 Å². The fraction of sp³-hybridized carbons (Fsp3) is 0.462. The van der Waals surface area contributed by atoms with Crippen molar-refractivity contribution in [3.05, 3.63) is 54.1 Å². The van der Waals surface area contributed by atoms with E-state index in [0.717, 1.165) is 31.4 Å². The molecule has 0 spiro atoms. The van der Waals surface area contributed by atoms with E-state index in [1.165, 1.54) is 13.5 Å². The smallest absolute Gasteiger partial charge is 0.337 e. The van der Waals surface area contributed by atoms with Crippen LogP contribution in [0.3, 0.4) is 0 Å². The van der Waals surface area contributed by atoms with E-state index in [4.69, 9.17) is 14.2 Å². The summed E-state index contributed by atoms with van der Waals surface area (Å²) < 4.78 is 16.4. The predicted octanol–water partition coefficient (Wildman–Crippen LogP) is 3.98. The Balaban J connectivity index is 1.27. The molecule has 1 atom stereocenters. The second-order valence-electron chi connectivity index (χ2n) is 8.97. The second kappa shape index (κ2) is 10.3. The maximum atomic E-state index is 12.6. The van der Waals surface area contributed by atoms with Crippen molar-refractivity contribution in [2.75, 3.05) is 31.8 Å². The summed E-state index contributed by atoms with van der Waals surface area (Å²) in [5, 5.41) is 10.6. The standard InChI is InChI=1S/C26H31NO6/c1-31-25(29)20-5-9-22(10-6-20)32-17-19-15-24(28)27(16-19)21-7-11-23(12-8-21)33-18-26(30)13-3-2-4-14-26/h5-12,19,30H,2-4,13-18H2,1H3. The number of amides is 1. The van der Waals surface area contributed by atoms with E-state index in [2.05, 4.69) is 0 Å². The van der Waals surface area contributed by atoms with Crippen LogP contribution in [0.1, 0.15) is 48.9 Å². The first-order chi connectivity index (χ1) is 16.0. The summed E-state index contributed by atoms with van der Waals surface area (Å²) in [7, 11) is 1.35. The van der Waals surface area contributed by atoms with Crippen LogP contribution in [0, 0.1) is 5.92 Å². The Morgan fingerprint density at radius 3 is 2.30 bits per heavy atom. The molecule has 1 aliphatic carbocycles. The van der Waals surface area contributed by atoms with E-state index >= 15 is 0 Å². The lowest BCUT2D eigenvalue weighted by Gasteiger charge is -2.31. The van der Waals surface area contributed by atoms with Gasteiger partial charge in [0.05, 0.1) is 24.9 Å². The highest BCUT2D eigenvalue weighted by Crippen LogP contribution is 2.30. The van der Waals surface area contributed by atoms with Crippen molar-refractivity contribution in [3.63, 3.8) is 0 Å². The number of nitrogens with zero attached hydrogens (tertiary/aromatic N) is 1. The number of hydrogen-bond donors (Lipinski definition) is 1. The summed E-state index contributed by atoms with van der Waals surface area (Å²) in [5.74, 6) is 1.10. The van der Waals surface area contributed by atoms with Crippen molar-refractivity contribution in [2.24, 2.45) is 5.92 Å². The molecule has 33 heavy (non-hydrogen) atoms. The maximum Gasteiger partial charge on any atom is 0.337 e. The largest absolute Gasteiger partial charge is 0.493 e. The van der Waals surface area contributed by atoms with Gasteiger partial charge in [0.2, 0.25) is 5.91 Å². The minimum absolute atomic E-state index is 0.0647. The number of esters is 1. The fourth-order valence-electron chi connectivity index (χ4n) is 4.46. The molecule has 0 aromatic heterocycles. The molecule has 2 aromatic carbocycles. The Morgan fingerprint density at radius 1 is 1.00 bits per heavy atom. The van der Waals surface area contributed by atoms with Crippen LogP contribution in [0.25, 0.3) is 0 Å². The van der Waals surface area contributed by atoms with Crippen molar-refractivity contribution < 1.29 is 28.9 Å². The molecule has 1 heterocycles. The predicted molar refractivity (Wildman–Crippen MR) is 124 cm³/mol. The molecule has 2 aliphatic rings. The first kappa shape index (κ1) is 23.1. The van der Waals surface area contributed by atoms with Crippen LogP contribution in [0.2, 0.25) is 0 Å². The van der Waals surface area contributed by atoms with Crippen LogP contribution < -0.4 is 14.4 Å². The van der Waals surface area contributed by atoms with E-state index in [1.54, 1.807) is 29.2 Å². The summed E-state index contributed by atoms with van der Waals surface area (Å²) in [6, 6.07) is 14.2. The molecular weight excluding hydrogens is 422 g/mol. The van der Waals surface area contributed by atoms with Gasteiger partial charge in [-0.15, -0.1) is 0 Å². The van der Waals surface area contributed by atoms with Crippen molar-refractivity contribution in [3.8, 4) is 11.5 Å². The van der Waals surface area contributed by atoms with Gasteiger partial charge in [-0.2, -0.15) is 0 Å². The normalized spacial score (nSPS) is 19.9. The van der Waals surface area contributed by atoms with E-state index < -0.39 is 5.60 Å². The highest BCUT2D eigenvalue weighted by atomic mass is 16.5. The minimum atomic E-state index is -0.727. The van der Waals surface area contributed by atoms with Gasteiger partial charge >= 0.3 is 5.97 Å². The highest BCUT2D eigenvalue weighted by molar-refractivity contribution is 5.95. The van der Waals surface area contributed by atoms with Crippen LogP contribution in [0.5, 0.6) is 11.5 Å². The molecule has 2 aromatic rings. The van der Waals surface area contributed by atoms with Crippen molar-refractivity contribution >= 4 is 17.6 Å². The van der Waals surface area contributed by atoms with Gasteiger partial charge in [-0.3, -0.25) is 4.79 Å². The van der Waals surface area contributed by atoms with Gasteiger partial charge in [-0.25, -0.2) is 4.79 Å². The molecule has 7 nitrogen and oxygen atoms in total. The quantitative estimate of drug-likeness (QED) is 0.609. The Labute approximate surface area is 194 Å². The molecule has 7 heteroatoms. The topological polar surface area (TPSA) is 85.3 Å². The molecule has 1 saturated heterocycles. The molecule has 1 amide bonds. The Morgan fingerprint density at radius 2 is 1.64 bits per heavy atom. The van der Waals surface area contributed by atoms with Gasteiger partial charge in [0, 0.05) is 24.6 Å². The Kier molecular flexibility index (Phi) is 7.18. The van der Waals surface area contributed by atoms with Gasteiger partial charge in [0.15, 0.2) is 0 Å². The molecule has 1 aliphatic heterocycles. The molecule has 1 saturated carbocycles. The van der Waals surface area contributed by atoms with E-state index in [1.807, 2.05) is 24.3 Å². The monoisotopic (exact) mass is 453 g/mol. The number of carbonyl (C=O) groups excluding carboxylic acids is 2. The third kappa shape index (κ3) is 5.85. The number of benzene rings is 2. The minimum Gasteiger partial charge on any atom is -0.493 e. The molecule has 0 radical (unpaired) electrons. The van der Waals surface area contributed by atoms with Gasteiger partial charge in [0.1, 0.15) is 18.1 Å². The number of carbonyl (C=O) groups is 2. The SMILES string of the molecule is COC(=O)c1ccc(OCC2CC(=O)N(c3ccc(OCC4(O)CCCCC4)cc3)C2)cc1. The van der Waals surface area contributed by atoms with Crippen LogP contribution in [0.4, 0.5) is 5.69 Å². The lowest BCUT2D eigenvalue weighted by atomic mass is 9.85. The lowest BCUT2D eigenvalue weighted by Crippen LogP contribution is -2.37. The summed E-state index contributed by atoms with van der Waals surface area (Å²) in [6.45, 7) is 1.30. The van der Waals surface area contributed by atoms with Crippen LogP contribution >= 0.6 is 0 Å². The third-order valence-corrected chi connectivity index (χ3v) is 6.41. The summed E-state index contributed by atoms with van der Waals surface area (Å²) in [5.41, 5.74) is 0.565.